The minimum Gasteiger partial charge on any atom is -0.461 e. The second kappa shape index (κ2) is 4.13. The molecule has 70 valence electrons. The molecule has 0 atom stereocenters. The summed E-state index contributed by atoms with van der Waals surface area (Å²) in [5.41, 5.74) is 0.572. The number of ether oxygens (including phenoxy) is 1. The number of thiazole rings is 1. The summed E-state index contributed by atoms with van der Waals surface area (Å²) in [5, 5.41) is 0.237. The van der Waals surface area contributed by atoms with Gasteiger partial charge >= 0.3 is 5.97 Å². The number of nitrogens with zero attached hydrogens (tertiary/aromatic N) is 1. The highest BCUT2D eigenvalue weighted by Crippen LogP contribution is 2.16. The van der Waals surface area contributed by atoms with Crippen molar-refractivity contribution in [3.8, 4) is 0 Å². The van der Waals surface area contributed by atoms with Gasteiger partial charge in [-0.3, -0.25) is 4.79 Å². The van der Waals surface area contributed by atoms with Crippen LogP contribution in [0.15, 0.2) is 0 Å². The molecule has 13 heavy (non-hydrogen) atoms. The quantitative estimate of drug-likeness (QED) is 0.546. The lowest BCUT2D eigenvalue weighted by molar-refractivity contribution is 0.0525. The molecule has 1 heterocycles. The number of aryl methyl sites for hydroxylation is 1. The molecule has 0 aliphatic carbocycles. The molecule has 0 fully saturated rings. The van der Waals surface area contributed by atoms with Crippen molar-refractivity contribution in [1.29, 1.82) is 0 Å². The minimum atomic E-state index is -0.469. The minimum absolute atomic E-state index is 0.237. The first-order valence-corrected chi connectivity index (χ1v) is 4.60. The number of aromatic nitrogens is 1. The molecule has 0 aliphatic heterocycles. The summed E-state index contributed by atoms with van der Waals surface area (Å²) in [6, 6.07) is 0. The van der Waals surface area contributed by atoms with Crippen LogP contribution in [-0.2, 0) is 4.74 Å². The Bertz CT molecular complexity index is 332. The van der Waals surface area contributed by atoms with Crippen LogP contribution >= 0.6 is 11.3 Å². The molecule has 0 aromatic carbocycles. The van der Waals surface area contributed by atoms with E-state index in [0.29, 0.717) is 23.5 Å². The first kappa shape index (κ1) is 9.85. The Morgan fingerprint density at radius 2 is 2.38 bits per heavy atom. The van der Waals surface area contributed by atoms with Crippen LogP contribution in [0.2, 0.25) is 0 Å². The fraction of sp³-hybridized carbons (Fsp3) is 0.375. The van der Waals surface area contributed by atoms with Crippen LogP contribution in [0.5, 0.6) is 0 Å². The average Bonchev–Trinajstić information content (AvgIpc) is 2.47. The largest absolute Gasteiger partial charge is 0.461 e. The van der Waals surface area contributed by atoms with Gasteiger partial charge in [0, 0.05) is 0 Å². The van der Waals surface area contributed by atoms with Crippen molar-refractivity contribution in [2.24, 2.45) is 0 Å². The molecule has 0 saturated carbocycles. The second-order valence-electron chi connectivity index (χ2n) is 2.31. The third-order valence-electron chi connectivity index (χ3n) is 1.39. The molecule has 5 heteroatoms. The van der Waals surface area contributed by atoms with Gasteiger partial charge in [-0.25, -0.2) is 9.78 Å². The van der Waals surface area contributed by atoms with E-state index in [4.69, 9.17) is 4.74 Å². The number of rotatable bonds is 3. The molecule has 0 unspecified atom stereocenters. The van der Waals surface area contributed by atoms with E-state index in [1.807, 2.05) is 0 Å². The molecule has 0 spiro atoms. The highest BCUT2D eigenvalue weighted by atomic mass is 32.1. The molecule has 0 bridgehead atoms. The Labute approximate surface area is 79.6 Å². The maximum Gasteiger partial charge on any atom is 0.367 e. The van der Waals surface area contributed by atoms with Gasteiger partial charge in [-0.2, -0.15) is 0 Å². The number of carbonyl (C=O) groups excluding carboxylic acids is 2. The summed E-state index contributed by atoms with van der Waals surface area (Å²) in [6.45, 7) is 3.72. The van der Waals surface area contributed by atoms with E-state index in [9.17, 15) is 9.59 Å². The first-order valence-electron chi connectivity index (χ1n) is 3.78. The molecular formula is C8H9NO3S. The van der Waals surface area contributed by atoms with Crippen molar-refractivity contribution < 1.29 is 14.3 Å². The Kier molecular flexibility index (Phi) is 3.13. The number of aldehydes is 1. The van der Waals surface area contributed by atoms with E-state index < -0.39 is 5.97 Å². The van der Waals surface area contributed by atoms with Crippen molar-refractivity contribution in [3.05, 3.63) is 15.6 Å². The van der Waals surface area contributed by atoms with E-state index in [0.717, 1.165) is 11.3 Å². The second-order valence-corrected chi connectivity index (χ2v) is 3.34. The molecule has 0 saturated heterocycles. The number of esters is 1. The van der Waals surface area contributed by atoms with Gasteiger partial charge in [-0.15, -0.1) is 11.3 Å². The lowest BCUT2D eigenvalue weighted by Crippen LogP contribution is -2.03. The van der Waals surface area contributed by atoms with Crippen molar-refractivity contribution in [3.63, 3.8) is 0 Å². The summed E-state index contributed by atoms with van der Waals surface area (Å²) in [6.07, 6.45) is 0.690. The zero-order valence-electron chi connectivity index (χ0n) is 7.36. The van der Waals surface area contributed by atoms with Crippen molar-refractivity contribution in [2.45, 2.75) is 13.8 Å². The van der Waals surface area contributed by atoms with Gasteiger partial charge < -0.3 is 4.74 Å². The van der Waals surface area contributed by atoms with Crippen LogP contribution in [0.4, 0.5) is 0 Å². The molecule has 1 aromatic heterocycles. The first-order chi connectivity index (χ1) is 6.19. The van der Waals surface area contributed by atoms with E-state index in [1.165, 1.54) is 0 Å². The fourth-order valence-electron chi connectivity index (χ4n) is 0.798. The highest BCUT2D eigenvalue weighted by Gasteiger charge is 2.14. The molecule has 0 radical (unpaired) electrons. The Balaban J connectivity index is 2.90. The lowest BCUT2D eigenvalue weighted by Gasteiger charge is -1.94. The van der Waals surface area contributed by atoms with Crippen molar-refractivity contribution in [2.75, 3.05) is 6.61 Å². The molecular weight excluding hydrogens is 190 g/mol. The Morgan fingerprint density at radius 1 is 1.69 bits per heavy atom. The van der Waals surface area contributed by atoms with Gasteiger partial charge in [0.25, 0.3) is 0 Å². The SMILES string of the molecule is CCOC(=O)c1nc(C)c(C=O)s1. The number of hydrogen-bond acceptors (Lipinski definition) is 5. The van der Waals surface area contributed by atoms with Crippen LogP contribution < -0.4 is 0 Å². The zero-order chi connectivity index (χ0) is 9.84. The smallest absolute Gasteiger partial charge is 0.367 e. The third kappa shape index (κ3) is 2.12. The van der Waals surface area contributed by atoms with Crippen LogP contribution in [-0.4, -0.2) is 23.8 Å². The average molecular weight is 199 g/mol. The lowest BCUT2D eigenvalue weighted by atomic mass is 10.4. The third-order valence-corrected chi connectivity index (χ3v) is 2.45. The highest BCUT2D eigenvalue weighted by molar-refractivity contribution is 7.15. The van der Waals surface area contributed by atoms with Gasteiger partial charge in [0.2, 0.25) is 5.01 Å². The van der Waals surface area contributed by atoms with Gasteiger partial charge in [-0.05, 0) is 13.8 Å². The van der Waals surface area contributed by atoms with Gasteiger partial charge in [0.15, 0.2) is 6.29 Å². The summed E-state index contributed by atoms with van der Waals surface area (Å²) >= 11 is 1.05. The Hall–Kier alpha value is -1.23. The summed E-state index contributed by atoms with van der Waals surface area (Å²) in [5.74, 6) is -0.469. The van der Waals surface area contributed by atoms with Crippen molar-refractivity contribution in [1.82, 2.24) is 4.98 Å². The molecule has 0 N–H and O–H groups in total. The number of carbonyl (C=O) groups is 2. The summed E-state index contributed by atoms with van der Waals surface area (Å²) < 4.78 is 4.73. The van der Waals surface area contributed by atoms with Crippen LogP contribution in [0.3, 0.4) is 0 Å². The monoisotopic (exact) mass is 199 g/mol. The molecule has 0 aliphatic rings. The van der Waals surface area contributed by atoms with Gasteiger partial charge in [0.1, 0.15) is 0 Å². The summed E-state index contributed by atoms with van der Waals surface area (Å²) in [7, 11) is 0. The molecule has 1 rings (SSSR count). The van der Waals surface area contributed by atoms with E-state index in [1.54, 1.807) is 13.8 Å². The van der Waals surface area contributed by atoms with E-state index >= 15 is 0 Å². The predicted octanol–water partition coefficient (Wildman–Crippen LogP) is 1.44. The van der Waals surface area contributed by atoms with E-state index in [2.05, 4.69) is 4.98 Å². The predicted molar refractivity (Wildman–Crippen MR) is 48.2 cm³/mol. The standard InChI is InChI=1S/C8H9NO3S/c1-3-12-8(11)7-9-5(2)6(4-10)13-7/h4H,3H2,1-2H3. The maximum absolute atomic E-state index is 11.1. The van der Waals surface area contributed by atoms with Crippen LogP contribution in [0, 0.1) is 6.92 Å². The van der Waals surface area contributed by atoms with Crippen LogP contribution in [0.1, 0.15) is 32.1 Å². The maximum atomic E-state index is 11.1. The number of hydrogen-bond donors (Lipinski definition) is 0. The normalized spacial score (nSPS) is 9.69. The summed E-state index contributed by atoms with van der Waals surface area (Å²) in [4.78, 5) is 26.0. The zero-order valence-corrected chi connectivity index (χ0v) is 8.18. The van der Waals surface area contributed by atoms with Gasteiger partial charge in [-0.1, -0.05) is 0 Å². The van der Waals surface area contributed by atoms with Crippen LogP contribution in [0.25, 0.3) is 0 Å². The topological polar surface area (TPSA) is 56.3 Å². The molecule has 4 nitrogen and oxygen atoms in total. The molecule has 0 amide bonds. The molecule has 1 aromatic rings. The van der Waals surface area contributed by atoms with E-state index in [-0.39, 0.29) is 5.01 Å². The fourth-order valence-corrected chi connectivity index (χ4v) is 1.57. The van der Waals surface area contributed by atoms with Crippen molar-refractivity contribution >= 4 is 23.6 Å². The van der Waals surface area contributed by atoms with Gasteiger partial charge in [0.05, 0.1) is 17.2 Å². The Morgan fingerprint density at radius 3 is 2.85 bits per heavy atom.